The van der Waals surface area contributed by atoms with E-state index < -0.39 is 17.9 Å². The van der Waals surface area contributed by atoms with E-state index in [4.69, 9.17) is 5.11 Å². The van der Waals surface area contributed by atoms with Crippen LogP contribution >= 0.6 is 0 Å². The van der Waals surface area contributed by atoms with Crippen LogP contribution in [0.3, 0.4) is 0 Å². The van der Waals surface area contributed by atoms with Gasteiger partial charge < -0.3 is 10.4 Å². The van der Waals surface area contributed by atoms with Gasteiger partial charge in [0.05, 0.1) is 5.52 Å². The number of aliphatic carboxylic acids is 1. The summed E-state index contributed by atoms with van der Waals surface area (Å²) in [6.07, 6.45) is 1.08. The predicted octanol–water partition coefficient (Wildman–Crippen LogP) is 1.43. The molecule has 0 saturated carbocycles. The minimum absolute atomic E-state index is 0.382. The van der Waals surface area contributed by atoms with E-state index in [1.807, 2.05) is 13.8 Å². The summed E-state index contributed by atoms with van der Waals surface area (Å²) >= 11 is 0. The maximum absolute atomic E-state index is 12.1. The Balaban J connectivity index is 2.21. The topological polar surface area (TPSA) is 97.1 Å². The van der Waals surface area contributed by atoms with Gasteiger partial charge in [0.25, 0.3) is 5.91 Å². The minimum Gasteiger partial charge on any atom is -0.480 e. The van der Waals surface area contributed by atoms with Crippen LogP contribution in [0.2, 0.25) is 0 Å². The second-order valence-corrected chi connectivity index (χ2v) is 4.76. The minimum atomic E-state index is -1.02. The third kappa shape index (κ3) is 3.18. The number of nitrogens with zero attached hydrogens (tertiary/aromatic N) is 3. The number of fused-ring (bicyclic) bond motifs is 1. The Morgan fingerprint density at radius 1 is 1.38 bits per heavy atom. The number of aryl methyl sites for hydroxylation is 1. The number of hydrogen-bond acceptors (Lipinski definition) is 4. The standard InChI is InChI=1S/C14H18N4O3/c1-3-5-10(14(20)21)15-13(19)9-6-7-12-11(8-9)16-17-18(12)4-2/h6-8,10H,3-5H2,1-2H3,(H,15,19)(H,20,21)/t10-/m0/s1. The molecule has 0 saturated heterocycles. The summed E-state index contributed by atoms with van der Waals surface area (Å²) in [5, 5.41) is 19.6. The summed E-state index contributed by atoms with van der Waals surface area (Å²) in [6, 6.07) is 4.17. The SMILES string of the molecule is CCC[C@H](NC(=O)c1ccc2c(c1)nnn2CC)C(=O)O. The zero-order chi connectivity index (χ0) is 15.4. The van der Waals surface area contributed by atoms with Crippen molar-refractivity contribution in [1.29, 1.82) is 0 Å². The van der Waals surface area contributed by atoms with Gasteiger partial charge in [-0.15, -0.1) is 5.10 Å². The van der Waals surface area contributed by atoms with Gasteiger partial charge in [0.15, 0.2) is 0 Å². The Kier molecular flexibility index (Phi) is 4.52. The van der Waals surface area contributed by atoms with Gasteiger partial charge in [0.2, 0.25) is 0 Å². The maximum Gasteiger partial charge on any atom is 0.326 e. The number of carboxylic acid groups (broad SMARTS) is 1. The fourth-order valence-electron chi connectivity index (χ4n) is 2.13. The second-order valence-electron chi connectivity index (χ2n) is 4.76. The van der Waals surface area contributed by atoms with Crippen molar-refractivity contribution in [2.45, 2.75) is 39.3 Å². The van der Waals surface area contributed by atoms with Crippen LogP contribution < -0.4 is 5.32 Å². The Morgan fingerprint density at radius 3 is 2.76 bits per heavy atom. The quantitative estimate of drug-likeness (QED) is 0.839. The molecular weight excluding hydrogens is 272 g/mol. The molecule has 0 unspecified atom stereocenters. The lowest BCUT2D eigenvalue weighted by molar-refractivity contribution is -0.139. The van der Waals surface area contributed by atoms with Gasteiger partial charge in [0, 0.05) is 12.1 Å². The lowest BCUT2D eigenvalue weighted by Crippen LogP contribution is -2.40. The van der Waals surface area contributed by atoms with Crippen LogP contribution in [0, 0.1) is 0 Å². The molecule has 0 aliphatic heterocycles. The molecule has 2 aromatic rings. The highest BCUT2D eigenvalue weighted by Gasteiger charge is 2.20. The van der Waals surface area contributed by atoms with Crippen molar-refractivity contribution in [2.75, 3.05) is 0 Å². The van der Waals surface area contributed by atoms with Gasteiger partial charge in [-0.2, -0.15) is 0 Å². The molecule has 2 N–H and O–H groups in total. The highest BCUT2D eigenvalue weighted by atomic mass is 16.4. The number of aromatic nitrogens is 3. The number of hydrogen-bond donors (Lipinski definition) is 2. The molecule has 0 radical (unpaired) electrons. The van der Waals surface area contributed by atoms with E-state index in [1.54, 1.807) is 22.9 Å². The third-order valence-electron chi connectivity index (χ3n) is 3.26. The number of amides is 1. The van der Waals surface area contributed by atoms with E-state index in [2.05, 4.69) is 15.6 Å². The highest BCUT2D eigenvalue weighted by Crippen LogP contribution is 2.13. The molecule has 1 amide bonds. The molecule has 7 heteroatoms. The lowest BCUT2D eigenvalue weighted by atomic mass is 10.1. The Morgan fingerprint density at radius 2 is 2.14 bits per heavy atom. The summed E-state index contributed by atoms with van der Waals surface area (Å²) in [4.78, 5) is 23.2. The molecule has 0 bridgehead atoms. The molecule has 1 aromatic heterocycles. The Labute approximate surface area is 121 Å². The largest absolute Gasteiger partial charge is 0.480 e. The zero-order valence-corrected chi connectivity index (χ0v) is 12.0. The van der Waals surface area contributed by atoms with Crippen molar-refractivity contribution in [3.63, 3.8) is 0 Å². The van der Waals surface area contributed by atoms with E-state index in [-0.39, 0.29) is 0 Å². The first-order chi connectivity index (χ1) is 10.1. The zero-order valence-electron chi connectivity index (χ0n) is 12.0. The number of rotatable bonds is 6. The fraction of sp³-hybridized carbons (Fsp3) is 0.429. The fourth-order valence-corrected chi connectivity index (χ4v) is 2.13. The van der Waals surface area contributed by atoms with Crippen LogP contribution in [-0.2, 0) is 11.3 Å². The molecule has 1 atom stereocenters. The molecule has 2 rings (SSSR count). The molecule has 0 aliphatic carbocycles. The summed E-state index contributed by atoms with van der Waals surface area (Å²) in [6.45, 7) is 4.52. The Hall–Kier alpha value is -2.44. The van der Waals surface area contributed by atoms with Crippen molar-refractivity contribution in [3.8, 4) is 0 Å². The summed E-state index contributed by atoms with van der Waals surface area (Å²) in [5.41, 5.74) is 1.84. The van der Waals surface area contributed by atoms with Gasteiger partial charge in [-0.05, 0) is 31.5 Å². The molecule has 0 spiro atoms. The number of benzene rings is 1. The average molecular weight is 290 g/mol. The van der Waals surface area contributed by atoms with E-state index in [9.17, 15) is 9.59 Å². The van der Waals surface area contributed by atoms with Crippen LogP contribution in [0.25, 0.3) is 11.0 Å². The van der Waals surface area contributed by atoms with Gasteiger partial charge >= 0.3 is 5.97 Å². The predicted molar refractivity (Wildman–Crippen MR) is 77.0 cm³/mol. The number of nitrogens with one attached hydrogen (secondary N) is 1. The molecule has 1 heterocycles. The summed E-state index contributed by atoms with van der Waals surface area (Å²) in [5.74, 6) is -1.44. The van der Waals surface area contributed by atoms with Crippen molar-refractivity contribution < 1.29 is 14.7 Å². The highest BCUT2D eigenvalue weighted by molar-refractivity contribution is 5.99. The van der Waals surface area contributed by atoms with Gasteiger partial charge in [-0.1, -0.05) is 18.6 Å². The molecule has 7 nitrogen and oxygen atoms in total. The molecule has 0 aliphatic rings. The third-order valence-corrected chi connectivity index (χ3v) is 3.26. The lowest BCUT2D eigenvalue weighted by Gasteiger charge is -2.13. The monoisotopic (exact) mass is 290 g/mol. The van der Waals surface area contributed by atoms with Crippen molar-refractivity contribution in [1.82, 2.24) is 20.3 Å². The van der Waals surface area contributed by atoms with E-state index in [0.29, 0.717) is 30.5 Å². The molecular formula is C14H18N4O3. The summed E-state index contributed by atoms with van der Waals surface area (Å²) < 4.78 is 1.73. The molecule has 21 heavy (non-hydrogen) atoms. The van der Waals surface area contributed by atoms with E-state index in [0.717, 1.165) is 5.52 Å². The van der Waals surface area contributed by atoms with Crippen molar-refractivity contribution in [2.24, 2.45) is 0 Å². The second kappa shape index (κ2) is 6.34. The maximum atomic E-state index is 12.1. The number of carbonyl (C=O) groups excluding carboxylic acids is 1. The average Bonchev–Trinajstić information content (AvgIpc) is 2.88. The molecule has 1 aromatic carbocycles. The molecule has 112 valence electrons. The van der Waals surface area contributed by atoms with Gasteiger partial charge in [-0.25, -0.2) is 9.48 Å². The van der Waals surface area contributed by atoms with E-state index in [1.165, 1.54) is 0 Å². The van der Waals surface area contributed by atoms with Gasteiger partial charge in [0.1, 0.15) is 11.6 Å². The number of carboxylic acids is 1. The van der Waals surface area contributed by atoms with Crippen LogP contribution in [0.15, 0.2) is 18.2 Å². The normalized spacial score (nSPS) is 12.3. The van der Waals surface area contributed by atoms with Gasteiger partial charge in [-0.3, -0.25) is 4.79 Å². The van der Waals surface area contributed by atoms with Crippen LogP contribution in [0.5, 0.6) is 0 Å². The smallest absolute Gasteiger partial charge is 0.326 e. The van der Waals surface area contributed by atoms with Crippen molar-refractivity contribution >= 4 is 22.9 Å². The van der Waals surface area contributed by atoms with Crippen LogP contribution in [-0.4, -0.2) is 38.0 Å². The first kappa shape index (κ1) is 15.0. The van der Waals surface area contributed by atoms with Crippen molar-refractivity contribution in [3.05, 3.63) is 23.8 Å². The van der Waals surface area contributed by atoms with E-state index >= 15 is 0 Å². The summed E-state index contributed by atoms with van der Waals surface area (Å²) in [7, 11) is 0. The Bertz CT molecular complexity index is 665. The first-order valence-electron chi connectivity index (χ1n) is 6.93. The number of carbonyl (C=O) groups is 2. The molecule has 0 fully saturated rings. The van der Waals surface area contributed by atoms with Crippen LogP contribution in [0.4, 0.5) is 0 Å². The first-order valence-corrected chi connectivity index (χ1v) is 6.93. The van der Waals surface area contributed by atoms with Crippen LogP contribution in [0.1, 0.15) is 37.0 Å².